The molecule has 1 aliphatic heterocycles. The average molecular weight is 247 g/mol. The lowest BCUT2D eigenvalue weighted by molar-refractivity contribution is 0.249. The van der Waals surface area contributed by atoms with E-state index in [2.05, 4.69) is 28.9 Å². The third-order valence-corrected chi connectivity index (χ3v) is 3.53. The van der Waals surface area contributed by atoms with Crippen LogP contribution < -0.4 is 10.6 Å². The molecule has 3 N–H and O–H groups in total. The molecule has 0 bridgehead atoms. The summed E-state index contributed by atoms with van der Waals surface area (Å²) in [5.41, 5.74) is 6.03. The molecule has 0 unspecified atom stereocenters. The number of nitrogen functional groups attached to an aromatic ring is 1. The largest absolute Gasteiger partial charge is 0.382 e. The van der Waals surface area contributed by atoms with E-state index in [9.17, 15) is 0 Å². The monoisotopic (exact) mass is 247 g/mol. The molecule has 0 saturated carbocycles. The highest BCUT2D eigenvalue weighted by molar-refractivity contribution is 5.93. The molecular formula is C13H21N5. The molecule has 1 aliphatic rings. The molecule has 1 fully saturated rings. The predicted molar refractivity (Wildman–Crippen MR) is 74.2 cm³/mol. The second-order valence-corrected chi connectivity index (χ2v) is 4.98. The van der Waals surface area contributed by atoms with E-state index in [4.69, 9.17) is 11.1 Å². The summed E-state index contributed by atoms with van der Waals surface area (Å²) in [5, 5.41) is 7.42. The van der Waals surface area contributed by atoms with Crippen molar-refractivity contribution in [3.63, 3.8) is 0 Å². The molecule has 0 aliphatic carbocycles. The summed E-state index contributed by atoms with van der Waals surface area (Å²) in [6, 6.07) is 6.34. The van der Waals surface area contributed by atoms with E-state index in [-0.39, 0.29) is 5.84 Å². The van der Waals surface area contributed by atoms with Crippen molar-refractivity contribution in [1.82, 2.24) is 9.88 Å². The lowest BCUT2D eigenvalue weighted by Crippen LogP contribution is -2.42. The van der Waals surface area contributed by atoms with Gasteiger partial charge in [-0.3, -0.25) is 5.41 Å². The second kappa shape index (κ2) is 5.35. The summed E-state index contributed by atoms with van der Waals surface area (Å²) in [5.74, 6) is 0.958. The number of anilines is 1. The van der Waals surface area contributed by atoms with Crippen molar-refractivity contribution in [3.05, 3.63) is 23.9 Å². The molecule has 2 rings (SSSR count). The Labute approximate surface area is 108 Å². The number of rotatable bonds is 3. The molecule has 5 heteroatoms. The minimum atomic E-state index is 0.0278. The fourth-order valence-electron chi connectivity index (χ4n) is 2.36. The molecule has 1 aromatic heterocycles. The summed E-state index contributed by atoms with van der Waals surface area (Å²) >= 11 is 0. The van der Waals surface area contributed by atoms with Crippen molar-refractivity contribution in [1.29, 1.82) is 5.41 Å². The summed E-state index contributed by atoms with van der Waals surface area (Å²) in [4.78, 5) is 8.99. The first-order valence-electron chi connectivity index (χ1n) is 6.31. The lowest BCUT2D eigenvalue weighted by atomic mass is 10.0. The van der Waals surface area contributed by atoms with Gasteiger partial charge in [0.2, 0.25) is 0 Å². The maximum Gasteiger partial charge on any atom is 0.141 e. The van der Waals surface area contributed by atoms with Gasteiger partial charge in [0, 0.05) is 19.1 Å². The van der Waals surface area contributed by atoms with Crippen molar-refractivity contribution in [3.8, 4) is 0 Å². The smallest absolute Gasteiger partial charge is 0.141 e. The number of hydrogen-bond donors (Lipinski definition) is 2. The van der Waals surface area contributed by atoms with Gasteiger partial charge in [-0.1, -0.05) is 6.07 Å². The van der Waals surface area contributed by atoms with Gasteiger partial charge in [-0.05, 0) is 39.1 Å². The van der Waals surface area contributed by atoms with Crippen LogP contribution in [0.4, 0.5) is 5.82 Å². The number of aromatic nitrogens is 1. The summed E-state index contributed by atoms with van der Waals surface area (Å²) < 4.78 is 0. The molecule has 0 radical (unpaired) electrons. The third kappa shape index (κ3) is 2.79. The molecule has 5 nitrogen and oxygen atoms in total. The number of nitrogens with zero attached hydrogens (tertiary/aromatic N) is 3. The number of hydrogen-bond acceptors (Lipinski definition) is 4. The maximum atomic E-state index is 7.42. The highest BCUT2D eigenvalue weighted by atomic mass is 15.2. The first kappa shape index (κ1) is 12.8. The summed E-state index contributed by atoms with van der Waals surface area (Å²) in [7, 11) is 4.27. The van der Waals surface area contributed by atoms with Crippen LogP contribution in [-0.2, 0) is 0 Å². The summed E-state index contributed by atoms with van der Waals surface area (Å²) in [6.45, 7) is 2.02. The Morgan fingerprint density at radius 1 is 1.39 bits per heavy atom. The fraction of sp³-hybridized carbons (Fsp3) is 0.538. The van der Waals surface area contributed by atoms with Crippen LogP contribution in [0.15, 0.2) is 18.2 Å². The molecule has 98 valence electrons. The standard InChI is InChI=1S/C13H21N5/c1-17(2)10-6-8-18(9-7-10)12-5-3-4-11(16-12)13(14)15/h3-5,10H,6-9H2,1-2H3,(H3,14,15). The van der Waals surface area contributed by atoms with Gasteiger partial charge < -0.3 is 15.5 Å². The predicted octanol–water partition coefficient (Wildman–Crippen LogP) is 0.896. The molecule has 0 spiro atoms. The topological polar surface area (TPSA) is 69.2 Å². The van der Waals surface area contributed by atoms with Crippen LogP contribution in [0.5, 0.6) is 0 Å². The van der Waals surface area contributed by atoms with E-state index < -0.39 is 0 Å². The zero-order valence-electron chi connectivity index (χ0n) is 11.1. The first-order chi connectivity index (χ1) is 8.58. The number of piperidine rings is 1. The van der Waals surface area contributed by atoms with Crippen LogP contribution in [-0.4, -0.2) is 48.9 Å². The Morgan fingerprint density at radius 3 is 2.61 bits per heavy atom. The van der Waals surface area contributed by atoms with Crippen molar-refractivity contribution in [2.45, 2.75) is 18.9 Å². The maximum absolute atomic E-state index is 7.42. The van der Waals surface area contributed by atoms with Crippen LogP contribution in [0.25, 0.3) is 0 Å². The summed E-state index contributed by atoms with van der Waals surface area (Å²) in [6.07, 6.45) is 2.30. The van der Waals surface area contributed by atoms with Gasteiger partial charge in [0.15, 0.2) is 0 Å². The van der Waals surface area contributed by atoms with E-state index >= 15 is 0 Å². The Balaban J connectivity index is 2.05. The normalized spacial score (nSPS) is 17.2. The lowest BCUT2D eigenvalue weighted by Gasteiger charge is -2.35. The number of nitrogens with two attached hydrogens (primary N) is 1. The zero-order chi connectivity index (χ0) is 13.1. The van der Waals surface area contributed by atoms with Gasteiger partial charge in [0.05, 0.1) is 0 Å². The minimum absolute atomic E-state index is 0.0278. The number of amidine groups is 1. The first-order valence-corrected chi connectivity index (χ1v) is 6.31. The molecule has 1 saturated heterocycles. The Morgan fingerprint density at radius 2 is 2.06 bits per heavy atom. The van der Waals surface area contributed by atoms with E-state index in [0.717, 1.165) is 31.7 Å². The SMILES string of the molecule is CN(C)C1CCN(c2cccc(C(=N)N)n2)CC1. The van der Waals surface area contributed by atoms with E-state index in [1.807, 2.05) is 12.1 Å². The molecule has 0 atom stereocenters. The average Bonchev–Trinajstić information content (AvgIpc) is 2.39. The third-order valence-electron chi connectivity index (χ3n) is 3.53. The zero-order valence-corrected chi connectivity index (χ0v) is 11.1. The number of pyridine rings is 1. The van der Waals surface area contributed by atoms with E-state index in [1.54, 1.807) is 6.07 Å². The minimum Gasteiger partial charge on any atom is -0.382 e. The second-order valence-electron chi connectivity index (χ2n) is 4.98. The van der Waals surface area contributed by atoms with Crippen LogP contribution in [0.2, 0.25) is 0 Å². The van der Waals surface area contributed by atoms with Crippen molar-refractivity contribution in [2.24, 2.45) is 5.73 Å². The quantitative estimate of drug-likeness (QED) is 0.615. The highest BCUT2D eigenvalue weighted by Gasteiger charge is 2.21. The Hall–Kier alpha value is -1.62. The van der Waals surface area contributed by atoms with Gasteiger partial charge in [0.1, 0.15) is 17.3 Å². The van der Waals surface area contributed by atoms with Gasteiger partial charge >= 0.3 is 0 Å². The molecule has 2 heterocycles. The van der Waals surface area contributed by atoms with E-state index in [0.29, 0.717) is 11.7 Å². The Kier molecular flexibility index (Phi) is 3.81. The van der Waals surface area contributed by atoms with E-state index in [1.165, 1.54) is 0 Å². The molecule has 1 aromatic rings. The Bertz CT molecular complexity index is 421. The van der Waals surface area contributed by atoms with Crippen molar-refractivity contribution < 1.29 is 0 Å². The molecule has 0 aromatic carbocycles. The fourth-order valence-corrected chi connectivity index (χ4v) is 2.36. The number of nitrogens with one attached hydrogen (secondary N) is 1. The molecule has 18 heavy (non-hydrogen) atoms. The van der Waals surface area contributed by atoms with Crippen LogP contribution in [0.1, 0.15) is 18.5 Å². The van der Waals surface area contributed by atoms with Crippen molar-refractivity contribution in [2.75, 3.05) is 32.1 Å². The van der Waals surface area contributed by atoms with Gasteiger partial charge in [-0.15, -0.1) is 0 Å². The van der Waals surface area contributed by atoms with Gasteiger partial charge in [-0.25, -0.2) is 4.98 Å². The molecule has 0 amide bonds. The van der Waals surface area contributed by atoms with Gasteiger partial charge in [-0.2, -0.15) is 0 Å². The van der Waals surface area contributed by atoms with Crippen molar-refractivity contribution >= 4 is 11.7 Å². The molecular weight excluding hydrogens is 226 g/mol. The van der Waals surface area contributed by atoms with Gasteiger partial charge in [0.25, 0.3) is 0 Å². The van der Waals surface area contributed by atoms with Crippen LogP contribution in [0, 0.1) is 5.41 Å². The highest BCUT2D eigenvalue weighted by Crippen LogP contribution is 2.20. The van der Waals surface area contributed by atoms with Crippen LogP contribution >= 0.6 is 0 Å². The van der Waals surface area contributed by atoms with Crippen LogP contribution in [0.3, 0.4) is 0 Å².